The Morgan fingerprint density at radius 1 is 1.29 bits per heavy atom. The molecule has 0 unspecified atom stereocenters. The maximum atomic E-state index is 12.6. The Morgan fingerprint density at radius 2 is 1.92 bits per heavy atom. The van der Waals surface area contributed by atoms with Gasteiger partial charge in [0.15, 0.2) is 4.80 Å². The second-order valence-corrected chi connectivity index (χ2v) is 7.93. The number of nitrogens with zero attached hydrogens (tertiary/aromatic N) is 2. The summed E-state index contributed by atoms with van der Waals surface area (Å²) in [5, 5.41) is 1.68. The summed E-state index contributed by atoms with van der Waals surface area (Å²) in [6.07, 6.45) is 0. The molecule has 134 valence electrons. The Balaban J connectivity index is 2.36. The van der Waals surface area contributed by atoms with Crippen LogP contribution in [0.1, 0.15) is 45.1 Å². The van der Waals surface area contributed by atoms with E-state index < -0.39 is 5.97 Å². The number of amides is 1. The van der Waals surface area contributed by atoms with Crippen molar-refractivity contribution in [1.82, 2.24) is 4.57 Å². The highest BCUT2D eigenvalue weighted by molar-refractivity contribution is 7.07. The molecule has 1 fully saturated rings. The molecule has 6 nitrogen and oxygen atoms in total. The Hall–Kier alpha value is -1.47. The molecule has 0 aliphatic heterocycles. The number of ether oxygens (including phenoxy) is 2. The molecule has 0 N–H and O–H groups in total. The molecule has 0 aromatic carbocycles. The van der Waals surface area contributed by atoms with Crippen molar-refractivity contribution in [3.05, 3.63) is 15.9 Å². The largest absolute Gasteiger partial charge is 0.461 e. The van der Waals surface area contributed by atoms with E-state index in [9.17, 15) is 9.59 Å². The van der Waals surface area contributed by atoms with Gasteiger partial charge in [0.1, 0.15) is 5.69 Å². The Labute approximate surface area is 146 Å². The van der Waals surface area contributed by atoms with E-state index in [0.717, 1.165) is 0 Å². The summed E-state index contributed by atoms with van der Waals surface area (Å²) in [5.41, 5.74) is 0.276. The molecule has 0 spiro atoms. The van der Waals surface area contributed by atoms with Crippen molar-refractivity contribution >= 4 is 23.2 Å². The molecule has 0 bridgehead atoms. The van der Waals surface area contributed by atoms with Crippen molar-refractivity contribution < 1.29 is 19.1 Å². The molecule has 1 aromatic rings. The topological polar surface area (TPSA) is 69.9 Å². The summed E-state index contributed by atoms with van der Waals surface area (Å²) in [5.74, 6) is -0.645. The number of thiazole rings is 1. The third-order valence-electron chi connectivity index (χ3n) is 5.27. The predicted molar refractivity (Wildman–Crippen MR) is 91.8 cm³/mol. The summed E-state index contributed by atoms with van der Waals surface area (Å²) in [6.45, 7) is 11.3. The third-order valence-corrected chi connectivity index (χ3v) is 6.14. The summed E-state index contributed by atoms with van der Waals surface area (Å²) >= 11 is 1.27. The summed E-state index contributed by atoms with van der Waals surface area (Å²) in [4.78, 5) is 29.5. The van der Waals surface area contributed by atoms with Gasteiger partial charge in [-0.2, -0.15) is 4.99 Å². The minimum absolute atomic E-state index is 0.0633. The van der Waals surface area contributed by atoms with Crippen LogP contribution in [0.4, 0.5) is 0 Å². The van der Waals surface area contributed by atoms with Gasteiger partial charge in [-0.15, -0.1) is 11.3 Å². The van der Waals surface area contributed by atoms with Crippen LogP contribution in [0.25, 0.3) is 0 Å². The lowest BCUT2D eigenvalue weighted by Crippen LogP contribution is -2.25. The predicted octanol–water partition coefficient (Wildman–Crippen LogP) is 2.48. The molecule has 1 aliphatic carbocycles. The molecule has 1 aliphatic rings. The standard InChI is InChI=1S/C17H26N2O4S/c1-7-23-14(21)11-10-24-15(19(11)8-9-22-6)18-13(20)12-16(2,3)17(12,4)5/h10,12H,7-9H2,1-6H3/b18-15-. The van der Waals surface area contributed by atoms with E-state index in [2.05, 4.69) is 32.7 Å². The molecule has 1 heterocycles. The van der Waals surface area contributed by atoms with Gasteiger partial charge >= 0.3 is 5.97 Å². The van der Waals surface area contributed by atoms with Crippen LogP contribution in [0.5, 0.6) is 0 Å². The van der Waals surface area contributed by atoms with Crippen LogP contribution in [0.3, 0.4) is 0 Å². The highest BCUT2D eigenvalue weighted by Crippen LogP contribution is 2.68. The van der Waals surface area contributed by atoms with E-state index in [0.29, 0.717) is 30.3 Å². The first-order valence-corrected chi connectivity index (χ1v) is 8.99. The lowest BCUT2D eigenvalue weighted by atomic mass is 10.0. The van der Waals surface area contributed by atoms with E-state index >= 15 is 0 Å². The molecule has 0 radical (unpaired) electrons. The highest BCUT2D eigenvalue weighted by atomic mass is 32.1. The summed E-state index contributed by atoms with van der Waals surface area (Å²) in [7, 11) is 1.59. The fourth-order valence-corrected chi connectivity index (χ4v) is 4.06. The van der Waals surface area contributed by atoms with Crippen molar-refractivity contribution in [2.75, 3.05) is 20.3 Å². The zero-order chi connectivity index (χ0) is 18.1. The zero-order valence-electron chi connectivity index (χ0n) is 15.2. The van der Waals surface area contributed by atoms with Crippen molar-refractivity contribution in [3.63, 3.8) is 0 Å². The van der Waals surface area contributed by atoms with Gasteiger partial charge in [-0.05, 0) is 17.8 Å². The van der Waals surface area contributed by atoms with E-state index in [1.165, 1.54) is 11.3 Å². The molecule has 0 saturated heterocycles. The number of carbonyl (C=O) groups is 2. The van der Waals surface area contributed by atoms with Crippen LogP contribution >= 0.6 is 11.3 Å². The van der Waals surface area contributed by atoms with E-state index in [1.54, 1.807) is 24.0 Å². The van der Waals surface area contributed by atoms with Gasteiger partial charge in [0.05, 0.1) is 19.1 Å². The normalized spacial score (nSPS) is 19.3. The first-order chi connectivity index (χ1) is 11.2. The van der Waals surface area contributed by atoms with Crippen molar-refractivity contribution in [2.45, 2.75) is 41.2 Å². The minimum Gasteiger partial charge on any atom is -0.461 e. The first-order valence-electron chi connectivity index (χ1n) is 8.11. The molecular formula is C17H26N2O4S. The zero-order valence-corrected chi connectivity index (χ0v) is 16.0. The smallest absolute Gasteiger partial charge is 0.355 e. The van der Waals surface area contributed by atoms with Crippen molar-refractivity contribution in [2.24, 2.45) is 21.7 Å². The highest BCUT2D eigenvalue weighted by Gasteiger charge is 2.68. The average Bonchev–Trinajstić information content (AvgIpc) is 2.78. The third kappa shape index (κ3) is 3.19. The monoisotopic (exact) mass is 354 g/mol. The molecule has 7 heteroatoms. The Bertz CT molecular complexity index is 686. The molecule has 1 saturated carbocycles. The number of hydrogen-bond donors (Lipinski definition) is 0. The van der Waals surface area contributed by atoms with E-state index in [-0.39, 0.29) is 22.7 Å². The lowest BCUT2D eigenvalue weighted by molar-refractivity contribution is -0.120. The lowest BCUT2D eigenvalue weighted by Gasteiger charge is -2.07. The van der Waals surface area contributed by atoms with Crippen molar-refractivity contribution in [3.8, 4) is 0 Å². The van der Waals surface area contributed by atoms with Crippen LogP contribution in [0.2, 0.25) is 0 Å². The molecule has 1 amide bonds. The fraction of sp³-hybridized carbons (Fsp3) is 0.706. The summed E-state index contributed by atoms with van der Waals surface area (Å²) < 4.78 is 11.9. The SMILES string of the molecule is CCOC(=O)c1cs/c(=N\C(=O)C2C(C)(C)C2(C)C)n1CCOC. The maximum Gasteiger partial charge on any atom is 0.355 e. The number of aromatic nitrogens is 1. The van der Waals surface area contributed by atoms with Crippen LogP contribution in [-0.2, 0) is 20.8 Å². The van der Waals surface area contributed by atoms with Gasteiger partial charge in [-0.3, -0.25) is 4.79 Å². The maximum absolute atomic E-state index is 12.6. The number of hydrogen-bond acceptors (Lipinski definition) is 5. The second-order valence-electron chi connectivity index (χ2n) is 7.09. The molecule has 24 heavy (non-hydrogen) atoms. The van der Waals surface area contributed by atoms with Gasteiger partial charge in [-0.25, -0.2) is 4.79 Å². The van der Waals surface area contributed by atoms with Crippen LogP contribution < -0.4 is 4.80 Å². The van der Waals surface area contributed by atoms with Gasteiger partial charge < -0.3 is 14.0 Å². The van der Waals surface area contributed by atoms with Gasteiger partial charge in [0.2, 0.25) is 0 Å². The number of methoxy groups -OCH3 is 1. The fourth-order valence-electron chi connectivity index (χ4n) is 3.16. The molecule has 0 atom stereocenters. The number of rotatable bonds is 6. The van der Waals surface area contributed by atoms with Crippen LogP contribution in [0.15, 0.2) is 10.4 Å². The average molecular weight is 354 g/mol. The minimum atomic E-state index is -0.411. The van der Waals surface area contributed by atoms with Gasteiger partial charge in [0.25, 0.3) is 5.91 Å². The van der Waals surface area contributed by atoms with Gasteiger partial charge in [0, 0.05) is 19.0 Å². The summed E-state index contributed by atoms with van der Waals surface area (Å²) in [6, 6.07) is 0. The van der Waals surface area contributed by atoms with Crippen LogP contribution in [-0.4, -0.2) is 36.8 Å². The van der Waals surface area contributed by atoms with Gasteiger partial charge in [-0.1, -0.05) is 27.7 Å². The molecular weight excluding hydrogens is 328 g/mol. The quantitative estimate of drug-likeness (QED) is 0.736. The molecule has 2 rings (SSSR count). The van der Waals surface area contributed by atoms with E-state index in [4.69, 9.17) is 9.47 Å². The Kier molecular flexibility index (Phi) is 5.34. The molecule has 1 aromatic heterocycles. The van der Waals surface area contributed by atoms with Crippen molar-refractivity contribution in [1.29, 1.82) is 0 Å². The first kappa shape index (κ1) is 18.9. The number of esters is 1. The van der Waals surface area contributed by atoms with Crippen LogP contribution in [0, 0.1) is 16.7 Å². The Morgan fingerprint density at radius 3 is 2.42 bits per heavy atom. The number of carbonyl (C=O) groups excluding carboxylic acids is 2. The second kappa shape index (κ2) is 6.80. The van der Waals surface area contributed by atoms with E-state index in [1.807, 2.05) is 0 Å².